The van der Waals surface area contributed by atoms with Gasteiger partial charge in [-0.2, -0.15) is 0 Å². The number of fused-ring (bicyclic) bond motifs is 3. The number of anilines is 2. The minimum Gasteiger partial charge on any atom is -0.355 e. The molecule has 3 heterocycles. The van der Waals surface area contributed by atoms with Gasteiger partial charge >= 0.3 is 0 Å². The molecule has 1 N–H and O–H groups in total. The first-order chi connectivity index (χ1) is 12.2. The van der Waals surface area contributed by atoms with Gasteiger partial charge in [-0.05, 0) is 61.2 Å². The summed E-state index contributed by atoms with van der Waals surface area (Å²) in [6.45, 7) is 4.37. The third-order valence-electron chi connectivity index (χ3n) is 4.65. The molecule has 25 heavy (non-hydrogen) atoms. The molecule has 0 bridgehead atoms. The number of thiophene rings is 1. The summed E-state index contributed by atoms with van der Waals surface area (Å²) in [5, 5.41) is 6.00. The van der Waals surface area contributed by atoms with Crippen LogP contribution in [0, 0.1) is 13.8 Å². The fourth-order valence-corrected chi connectivity index (χ4v) is 4.93. The summed E-state index contributed by atoms with van der Waals surface area (Å²) >= 11 is 3.51. The highest BCUT2D eigenvalue weighted by Gasteiger charge is 2.10. The van der Waals surface area contributed by atoms with Crippen molar-refractivity contribution < 1.29 is 0 Å². The molecule has 0 fully saturated rings. The van der Waals surface area contributed by atoms with Crippen molar-refractivity contribution >= 4 is 65.3 Å². The van der Waals surface area contributed by atoms with E-state index in [9.17, 15) is 0 Å². The van der Waals surface area contributed by atoms with Crippen molar-refractivity contribution in [1.29, 1.82) is 0 Å². The van der Waals surface area contributed by atoms with Crippen molar-refractivity contribution in [3.63, 3.8) is 0 Å². The Morgan fingerprint density at radius 3 is 2.72 bits per heavy atom. The summed E-state index contributed by atoms with van der Waals surface area (Å²) in [6.07, 6.45) is 1.87. The van der Waals surface area contributed by atoms with Crippen molar-refractivity contribution in [2.24, 2.45) is 0 Å². The highest BCUT2D eigenvalue weighted by molar-refractivity contribution is 7.19. The van der Waals surface area contributed by atoms with Gasteiger partial charge in [0.05, 0.1) is 21.2 Å². The Morgan fingerprint density at radius 1 is 0.880 bits per heavy atom. The van der Waals surface area contributed by atoms with Gasteiger partial charge in [0.2, 0.25) is 0 Å². The van der Waals surface area contributed by atoms with E-state index in [0.717, 1.165) is 27.8 Å². The lowest BCUT2D eigenvalue weighted by molar-refractivity contribution is 1.41. The van der Waals surface area contributed by atoms with Gasteiger partial charge in [0.15, 0.2) is 0 Å². The minimum absolute atomic E-state index is 1.02. The normalized spacial score (nSPS) is 11.6. The number of aryl methyl sites for hydroxylation is 2. The first-order valence-corrected chi connectivity index (χ1v) is 9.77. The largest absolute Gasteiger partial charge is 0.355 e. The number of hydrogen-bond donors (Lipinski definition) is 1. The van der Waals surface area contributed by atoms with Crippen molar-refractivity contribution in [1.82, 2.24) is 9.97 Å². The van der Waals surface area contributed by atoms with E-state index in [1.807, 2.05) is 29.1 Å². The second-order valence-corrected chi connectivity index (χ2v) is 8.31. The molecule has 0 radical (unpaired) electrons. The molecule has 5 rings (SSSR count). The third-order valence-corrected chi connectivity index (χ3v) is 6.63. The van der Waals surface area contributed by atoms with Gasteiger partial charge in [0.1, 0.15) is 0 Å². The second-order valence-electron chi connectivity index (χ2n) is 6.17. The average molecular weight is 361 g/mol. The van der Waals surface area contributed by atoms with Crippen LogP contribution in [0.3, 0.4) is 0 Å². The summed E-state index contributed by atoms with van der Waals surface area (Å²) in [7, 11) is 0. The lowest BCUT2D eigenvalue weighted by Gasteiger charge is -2.10. The molecule has 5 aromatic rings. The molecule has 3 nitrogen and oxygen atoms in total. The standard InChI is InChI=1S/C20H15N3S2/c1-11-12(2)25-20-9-15-16(5-6-21-17(15)8-14(11)20)23-13-3-4-19-18(7-13)22-10-24-19/h3-10H,1-2H3,(H,21,23). The smallest absolute Gasteiger partial charge is 0.0832 e. The Labute approximate surface area is 153 Å². The number of rotatable bonds is 2. The molecule has 5 heteroatoms. The zero-order valence-corrected chi connectivity index (χ0v) is 15.5. The van der Waals surface area contributed by atoms with Crippen LogP contribution in [0.25, 0.3) is 31.2 Å². The fraction of sp³-hybridized carbons (Fsp3) is 0.100. The Kier molecular flexibility index (Phi) is 3.26. The monoisotopic (exact) mass is 361 g/mol. The van der Waals surface area contributed by atoms with Crippen LogP contribution in [0.4, 0.5) is 11.4 Å². The minimum atomic E-state index is 1.02. The van der Waals surface area contributed by atoms with Crippen LogP contribution in [0.15, 0.2) is 48.1 Å². The Balaban J connectivity index is 1.66. The lowest BCUT2D eigenvalue weighted by Crippen LogP contribution is -1.92. The van der Waals surface area contributed by atoms with Crippen LogP contribution >= 0.6 is 22.7 Å². The van der Waals surface area contributed by atoms with Gasteiger partial charge < -0.3 is 5.32 Å². The van der Waals surface area contributed by atoms with Crippen LogP contribution in [0.1, 0.15) is 10.4 Å². The molecule has 0 aliphatic carbocycles. The van der Waals surface area contributed by atoms with Crippen LogP contribution in [-0.4, -0.2) is 9.97 Å². The summed E-state index contributed by atoms with van der Waals surface area (Å²) in [5.41, 5.74) is 7.41. The van der Waals surface area contributed by atoms with Crippen LogP contribution in [0.2, 0.25) is 0 Å². The second kappa shape index (κ2) is 5.51. The summed E-state index contributed by atoms with van der Waals surface area (Å²) in [5.74, 6) is 0. The zero-order chi connectivity index (χ0) is 17.0. The lowest BCUT2D eigenvalue weighted by atomic mass is 10.1. The molecule has 0 aliphatic rings. The molecule has 0 saturated heterocycles. The molecule has 0 unspecified atom stereocenters. The van der Waals surface area contributed by atoms with Gasteiger partial charge in [-0.3, -0.25) is 4.98 Å². The van der Waals surface area contributed by atoms with E-state index in [0.29, 0.717) is 0 Å². The first kappa shape index (κ1) is 14.8. The van der Waals surface area contributed by atoms with Crippen LogP contribution < -0.4 is 5.32 Å². The predicted octanol–water partition coefficient (Wildman–Crippen LogP) is 6.42. The van der Waals surface area contributed by atoms with Crippen LogP contribution in [-0.2, 0) is 0 Å². The number of pyridine rings is 1. The Hall–Kier alpha value is -2.50. The fourth-order valence-electron chi connectivity index (χ4n) is 3.18. The zero-order valence-electron chi connectivity index (χ0n) is 13.8. The third kappa shape index (κ3) is 2.39. The maximum Gasteiger partial charge on any atom is 0.0832 e. The van der Waals surface area contributed by atoms with Gasteiger partial charge in [0.25, 0.3) is 0 Å². The van der Waals surface area contributed by atoms with E-state index >= 15 is 0 Å². The highest BCUT2D eigenvalue weighted by atomic mass is 32.1. The van der Waals surface area contributed by atoms with Crippen molar-refractivity contribution in [2.45, 2.75) is 13.8 Å². The predicted molar refractivity (Wildman–Crippen MR) is 110 cm³/mol. The number of nitrogens with zero attached hydrogens (tertiary/aromatic N) is 2. The Morgan fingerprint density at radius 2 is 1.80 bits per heavy atom. The van der Waals surface area contributed by atoms with Crippen molar-refractivity contribution in [3.05, 3.63) is 58.5 Å². The molecule has 122 valence electrons. The van der Waals surface area contributed by atoms with Crippen molar-refractivity contribution in [2.75, 3.05) is 5.32 Å². The molecule has 2 aromatic carbocycles. The summed E-state index contributed by atoms with van der Waals surface area (Å²) in [4.78, 5) is 10.4. The van der Waals surface area contributed by atoms with Gasteiger partial charge in [-0.25, -0.2) is 4.98 Å². The van der Waals surface area contributed by atoms with Gasteiger partial charge in [-0.1, -0.05) is 0 Å². The average Bonchev–Trinajstić information content (AvgIpc) is 3.18. The topological polar surface area (TPSA) is 37.8 Å². The number of hydrogen-bond acceptors (Lipinski definition) is 5. The van der Waals surface area contributed by atoms with Crippen LogP contribution in [0.5, 0.6) is 0 Å². The number of nitrogens with one attached hydrogen (secondary N) is 1. The maximum atomic E-state index is 4.58. The maximum absolute atomic E-state index is 4.58. The Bertz CT molecular complexity index is 1250. The molecular formula is C20H15N3S2. The first-order valence-electron chi connectivity index (χ1n) is 8.08. The van der Waals surface area contributed by atoms with Gasteiger partial charge in [-0.15, -0.1) is 22.7 Å². The summed E-state index contributed by atoms with van der Waals surface area (Å²) in [6, 6.07) is 12.8. The quantitative estimate of drug-likeness (QED) is 0.394. The van der Waals surface area contributed by atoms with E-state index < -0.39 is 0 Å². The number of aromatic nitrogens is 2. The van der Waals surface area contributed by atoms with Crippen molar-refractivity contribution in [3.8, 4) is 0 Å². The molecular weight excluding hydrogens is 346 g/mol. The number of thiazole rings is 1. The summed E-state index contributed by atoms with van der Waals surface area (Å²) < 4.78 is 2.52. The van der Waals surface area contributed by atoms with E-state index in [4.69, 9.17) is 0 Å². The molecule has 0 spiro atoms. The van der Waals surface area contributed by atoms with E-state index in [1.54, 1.807) is 11.3 Å². The molecule has 0 amide bonds. The van der Waals surface area contributed by atoms with E-state index in [1.165, 1.54) is 25.2 Å². The highest BCUT2D eigenvalue weighted by Crippen LogP contribution is 2.36. The molecule has 0 atom stereocenters. The van der Waals surface area contributed by atoms with E-state index in [-0.39, 0.29) is 0 Å². The SMILES string of the molecule is Cc1sc2cc3c(Nc4ccc5scnc5c4)ccnc3cc2c1C. The van der Waals surface area contributed by atoms with E-state index in [2.05, 4.69) is 59.5 Å². The number of benzene rings is 2. The molecule has 0 saturated carbocycles. The molecule has 0 aliphatic heterocycles. The molecule has 3 aromatic heterocycles. The van der Waals surface area contributed by atoms with Gasteiger partial charge in [0, 0.05) is 32.5 Å².